The minimum atomic E-state index is 0.364. The number of nitrogens with one attached hydrogen (secondary N) is 2. The van der Waals surface area contributed by atoms with E-state index in [0.29, 0.717) is 44.8 Å². The molecule has 164 valence electrons. The maximum Gasteiger partial charge on any atom is 0.213 e. The van der Waals surface area contributed by atoms with Crippen molar-refractivity contribution in [1.29, 1.82) is 0 Å². The Morgan fingerprint density at radius 3 is 2.60 bits per heavy atom. The van der Waals surface area contributed by atoms with Crippen molar-refractivity contribution in [3.05, 3.63) is 59.8 Å². The Labute approximate surface area is 179 Å². The quantitative estimate of drug-likeness (QED) is 0.298. The first-order valence-corrected chi connectivity index (χ1v) is 10.4. The molecule has 1 heterocycles. The normalized spacial score (nSPS) is 12.4. The average Bonchev–Trinajstić information content (AvgIpc) is 2.77. The molecule has 0 amide bonds. The Bertz CT molecular complexity index is 723. The lowest BCUT2D eigenvalue weighted by Gasteiger charge is -2.16. The Kier molecular flexibility index (Phi) is 11.3. The predicted octanol–water partition coefficient (Wildman–Crippen LogP) is 3.01. The molecule has 2 N–H and O–H groups in total. The van der Waals surface area contributed by atoms with Gasteiger partial charge in [-0.05, 0) is 24.0 Å². The summed E-state index contributed by atoms with van der Waals surface area (Å²) in [6, 6.07) is 14.0. The van der Waals surface area contributed by atoms with Gasteiger partial charge in [0.05, 0.1) is 26.4 Å². The zero-order valence-corrected chi connectivity index (χ0v) is 18.3. The van der Waals surface area contributed by atoms with Crippen LogP contribution in [0.15, 0.2) is 53.7 Å². The van der Waals surface area contributed by atoms with Gasteiger partial charge >= 0.3 is 0 Å². The number of benzene rings is 1. The zero-order chi connectivity index (χ0) is 21.4. The van der Waals surface area contributed by atoms with Crippen molar-refractivity contribution in [2.24, 2.45) is 10.9 Å². The van der Waals surface area contributed by atoms with Crippen LogP contribution in [0.4, 0.5) is 0 Å². The summed E-state index contributed by atoms with van der Waals surface area (Å²) in [6.07, 6.45) is 1.79. The Morgan fingerprint density at radius 2 is 1.90 bits per heavy atom. The van der Waals surface area contributed by atoms with E-state index in [1.807, 2.05) is 30.3 Å². The summed E-state index contributed by atoms with van der Waals surface area (Å²) in [5, 5.41) is 6.66. The van der Waals surface area contributed by atoms with Gasteiger partial charge in [-0.25, -0.2) is 9.98 Å². The smallest absolute Gasteiger partial charge is 0.213 e. The number of nitrogens with zero attached hydrogens (tertiary/aromatic N) is 2. The molecule has 0 fully saturated rings. The summed E-state index contributed by atoms with van der Waals surface area (Å²) in [6.45, 7) is 8.70. The Balaban J connectivity index is 1.73. The first-order valence-electron chi connectivity index (χ1n) is 10.4. The van der Waals surface area contributed by atoms with Gasteiger partial charge in [0, 0.05) is 32.5 Å². The topological polar surface area (TPSA) is 77.0 Å². The molecular formula is C23H34N4O3. The Morgan fingerprint density at radius 1 is 1.07 bits per heavy atom. The minimum Gasteiger partial charge on any atom is -0.475 e. The summed E-state index contributed by atoms with van der Waals surface area (Å²) in [4.78, 5) is 8.94. The summed E-state index contributed by atoms with van der Waals surface area (Å²) in [5.41, 5.74) is 2.21. The van der Waals surface area contributed by atoms with Crippen molar-refractivity contribution in [2.75, 3.05) is 40.0 Å². The van der Waals surface area contributed by atoms with Gasteiger partial charge in [-0.3, -0.25) is 0 Å². The van der Waals surface area contributed by atoms with Crippen LogP contribution in [0.3, 0.4) is 0 Å². The van der Waals surface area contributed by atoms with Crippen molar-refractivity contribution in [3.63, 3.8) is 0 Å². The molecule has 1 aromatic heterocycles. The van der Waals surface area contributed by atoms with Crippen LogP contribution in [0, 0.1) is 5.92 Å². The van der Waals surface area contributed by atoms with E-state index in [1.54, 1.807) is 13.3 Å². The highest BCUT2D eigenvalue weighted by Crippen LogP contribution is 2.08. The summed E-state index contributed by atoms with van der Waals surface area (Å²) in [7, 11) is 1.65. The third-order valence-corrected chi connectivity index (χ3v) is 4.23. The second-order valence-corrected chi connectivity index (χ2v) is 7.03. The largest absolute Gasteiger partial charge is 0.475 e. The number of pyridine rings is 1. The van der Waals surface area contributed by atoms with Crippen LogP contribution >= 0.6 is 0 Å². The first kappa shape index (κ1) is 23.6. The molecule has 0 radical (unpaired) electrons. The lowest BCUT2D eigenvalue weighted by atomic mass is 10.2. The van der Waals surface area contributed by atoms with E-state index in [1.165, 1.54) is 5.56 Å². The third kappa shape index (κ3) is 9.71. The SMILES string of the molecule is CCNC(=NCc1ccc(OCCOC)nc1)NCC(C)COCc1ccccc1. The number of ether oxygens (including phenoxy) is 3. The summed E-state index contributed by atoms with van der Waals surface area (Å²) >= 11 is 0. The lowest BCUT2D eigenvalue weighted by molar-refractivity contribution is 0.0931. The molecule has 0 aliphatic heterocycles. The van der Waals surface area contributed by atoms with Crippen LogP contribution in [0.25, 0.3) is 0 Å². The second-order valence-electron chi connectivity index (χ2n) is 7.03. The molecule has 0 saturated carbocycles. The van der Waals surface area contributed by atoms with Crippen LogP contribution < -0.4 is 15.4 Å². The third-order valence-electron chi connectivity index (χ3n) is 4.23. The highest BCUT2D eigenvalue weighted by atomic mass is 16.5. The van der Waals surface area contributed by atoms with Crippen molar-refractivity contribution < 1.29 is 14.2 Å². The molecule has 30 heavy (non-hydrogen) atoms. The number of hydrogen-bond donors (Lipinski definition) is 2. The van der Waals surface area contributed by atoms with E-state index in [-0.39, 0.29) is 0 Å². The van der Waals surface area contributed by atoms with E-state index in [2.05, 4.69) is 46.6 Å². The van der Waals surface area contributed by atoms with Gasteiger partial charge in [0.15, 0.2) is 5.96 Å². The molecule has 2 rings (SSSR count). The van der Waals surface area contributed by atoms with Crippen molar-refractivity contribution in [3.8, 4) is 5.88 Å². The fraction of sp³-hybridized carbons (Fsp3) is 0.478. The van der Waals surface area contributed by atoms with Crippen LogP contribution in [0.2, 0.25) is 0 Å². The first-order chi connectivity index (χ1) is 14.7. The van der Waals surface area contributed by atoms with Crippen LogP contribution in [-0.4, -0.2) is 51.0 Å². The van der Waals surface area contributed by atoms with Crippen LogP contribution in [0.1, 0.15) is 25.0 Å². The van der Waals surface area contributed by atoms with Gasteiger partial charge < -0.3 is 24.8 Å². The fourth-order valence-corrected chi connectivity index (χ4v) is 2.61. The van der Waals surface area contributed by atoms with E-state index in [9.17, 15) is 0 Å². The molecule has 2 aromatic rings. The lowest BCUT2D eigenvalue weighted by Crippen LogP contribution is -2.40. The van der Waals surface area contributed by atoms with Gasteiger partial charge in [0.1, 0.15) is 6.61 Å². The maximum absolute atomic E-state index is 5.82. The molecular weight excluding hydrogens is 380 g/mol. The molecule has 0 saturated heterocycles. The molecule has 0 spiro atoms. The highest BCUT2D eigenvalue weighted by molar-refractivity contribution is 5.79. The number of guanidine groups is 1. The van der Waals surface area contributed by atoms with Gasteiger partial charge in [-0.15, -0.1) is 0 Å². The molecule has 7 nitrogen and oxygen atoms in total. The number of aromatic nitrogens is 1. The molecule has 0 bridgehead atoms. The van der Waals surface area contributed by atoms with Gasteiger partial charge in [-0.2, -0.15) is 0 Å². The maximum atomic E-state index is 5.82. The van der Waals surface area contributed by atoms with Crippen LogP contribution in [-0.2, 0) is 22.6 Å². The van der Waals surface area contributed by atoms with Crippen molar-refractivity contribution in [1.82, 2.24) is 15.6 Å². The number of rotatable bonds is 13. The van der Waals surface area contributed by atoms with Gasteiger partial charge in [0.2, 0.25) is 5.88 Å². The van der Waals surface area contributed by atoms with Crippen molar-refractivity contribution in [2.45, 2.75) is 27.0 Å². The fourth-order valence-electron chi connectivity index (χ4n) is 2.61. The molecule has 1 atom stereocenters. The van der Waals surface area contributed by atoms with E-state index < -0.39 is 0 Å². The van der Waals surface area contributed by atoms with Gasteiger partial charge in [-0.1, -0.05) is 43.3 Å². The molecule has 0 aliphatic rings. The predicted molar refractivity (Wildman–Crippen MR) is 120 cm³/mol. The summed E-state index contributed by atoms with van der Waals surface area (Å²) < 4.78 is 16.3. The number of methoxy groups -OCH3 is 1. The molecule has 1 unspecified atom stereocenters. The molecule has 0 aliphatic carbocycles. The monoisotopic (exact) mass is 414 g/mol. The highest BCUT2D eigenvalue weighted by Gasteiger charge is 2.05. The van der Waals surface area contributed by atoms with Crippen LogP contribution in [0.5, 0.6) is 5.88 Å². The summed E-state index contributed by atoms with van der Waals surface area (Å²) in [5.74, 6) is 1.74. The molecule has 1 aromatic carbocycles. The standard InChI is InChI=1S/C23H34N4O3/c1-4-24-23(26-14-19(2)17-29-18-20-8-6-5-7-9-20)27-16-21-10-11-22(25-15-21)30-13-12-28-3/h5-11,15,19H,4,12-14,16-18H2,1-3H3,(H2,24,26,27). The van der Waals surface area contributed by atoms with Gasteiger partial charge in [0.25, 0.3) is 0 Å². The minimum absolute atomic E-state index is 0.364. The van der Waals surface area contributed by atoms with E-state index in [4.69, 9.17) is 14.2 Å². The number of hydrogen-bond acceptors (Lipinski definition) is 5. The Hall–Kier alpha value is -2.64. The van der Waals surface area contributed by atoms with Crippen molar-refractivity contribution >= 4 is 5.96 Å². The average molecular weight is 415 g/mol. The van der Waals surface area contributed by atoms with E-state index in [0.717, 1.165) is 24.6 Å². The van der Waals surface area contributed by atoms with E-state index >= 15 is 0 Å². The number of aliphatic imine (C=N–C) groups is 1. The zero-order valence-electron chi connectivity index (χ0n) is 18.3. The second kappa shape index (κ2) is 14.4. The molecule has 7 heteroatoms.